The van der Waals surface area contributed by atoms with Gasteiger partial charge in [0.25, 0.3) is 0 Å². The van der Waals surface area contributed by atoms with Crippen LogP contribution in [0.5, 0.6) is 0 Å². The summed E-state index contributed by atoms with van der Waals surface area (Å²) < 4.78 is 6.73. The Morgan fingerprint density at radius 2 is 1.81 bits per heavy atom. The van der Waals surface area contributed by atoms with Crippen LogP contribution >= 0.6 is 0 Å². The van der Waals surface area contributed by atoms with E-state index in [1.165, 1.54) is 7.11 Å². The topological polar surface area (TPSA) is 73.2 Å². The van der Waals surface area contributed by atoms with Gasteiger partial charge in [-0.1, -0.05) is 42.5 Å². The second-order valence-corrected chi connectivity index (χ2v) is 5.93. The summed E-state index contributed by atoms with van der Waals surface area (Å²) in [7, 11) is 1.48. The van der Waals surface area contributed by atoms with Crippen LogP contribution in [0.3, 0.4) is 0 Å². The highest BCUT2D eigenvalue weighted by atomic mass is 16.5. The van der Waals surface area contributed by atoms with Gasteiger partial charge >= 0.3 is 0 Å². The van der Waals surface area contributed by atoms with E-state index >= 15 is 0 Å². The van der Waals surface area contributed by atoms with Crippen molar-refractivity contribution >= 4 is 22.7 Å². The molecule has 6 heteroatoms. The molecular weight excluding hydrogens is 330 g/mol. The molecule has 0 unspecified atom stereocenters. The highest BCUT2D eigenvalue weighted by Gasteiger charge is 2.14. The fourth-order valence-corrected chi connectivity index (χ4v) is 2.85. The third kappa shape index (κ3) is 4.15. The average Bonchev–Trinajstić information content (AvgIpc) is 3.00. The van der Waals surface area contributed by atoms with E-state index in [2.05, 4.69) is 10.3 Å². The molecule has 0 aliphatic rings. The summed E-state index contributed by atoms with van der Waals surface area (Å²) >= 11 is 0. The number of carbonyl (C=O) groups is 2. The number of para-hydroxylation sites is 2. The fourth-order valence-electron chi connectivity index (χ4n) is 2.85. The van der Waals surface area contributed by atoms with E-state index in [-0.39, 0.29) is 24.8 Å². The minimum absolute atomic E-state index is 0.0263. The number of methoxy groups -OCH3 is 1. The van der Waals surface area contributed by atoms with Crippen LogP contribution in [0.4, 0.5) is 0 Å². The minimum Gasteiger partial charge on any atom is -0.375 e. The number of amides is 1. The maximum absolute atomic E-state index is 12.6. The van der Waals surface area contributed by atoms with Gasteiger partial charge in [-0.3, -0.25) is 9.59 Å². The molecule has 0 bridgehead atoms. The highest BCUT2D eigenvalue weighted by Crippen LogP contribution is 2.17. The molecule has 3 aromatic rings. The Hall–Kier alpha value is -2.99. The number of nitrogens with one attached hydrogen (secondary N) is 1. The van der Waals surface area contributed by atoms with Gasteiger partial charge in [0.15, 0.2) is 5.78 Å². The molecule has 0 saturated heterocycles. The van der Waals surface area contributed by atoms with Crippen LogP contribution in [-0.2, 0) is 22.5 Å². The molecule has 0 saturated carbocycles. The SMILES string of the molecule is COCC(=O)NCCc1nc2ccccc2n1CC(=O)c1ccccc1. The number of hydrogen-bond donors (Lipinski definition) is 1. The van der Waals surface area contributed by atoms with Crippen molar-refractivity contribution < 1.29 is 14.3 Å². The Morgan fingerprint density at radius 1 is 1.08 bits per heavy atom. The molecule has 1 heterocycles. The van der Waals surface area contributed by atoms with Crippen molar-refractivity contribution in [3.05, 3.63) is 66.0 Å². The molecule has 0 aliphatic heterocycles. The molecule has 6 nitrogen and oxygen atoms in total. The molecule has 134 valence electrons. The van der Waals surface area contributed by atoms with Crippen molar-refractivity contribution in [2.45, 2.75) is 13.0 Å². The number of rotatable bonds is 8. The first-order valence-corrected chi connectivity index (χ1v) is 8.47. The molecule has 1 amide bonds. The number of ether oxygens (including phenoxy) is 1. The van der Waals surface area contributed by atoms with Crippen LogP contribution in [0, 0.1) is 0 Å². The van der Waals surface area contributed by atoms with E-state index in [1.807, 2.05) is 59.2 Å². The average molecular weight is 351 g/mol. The number of hydrogen-bond acceptors (Lipinski definition) is 4. The van der Waals surface area contributed by atoms with Crippen molar-refractivity contribution in [2.24, 2.45) is 0 Å². The summed E-state index contributed by atoms with van der Waals surface area (Å²) in [6, 6.07) is 16.9. The Balaban J connectivity index is 1.80. The first-order valence-electron chi connectivity index (χ1n) is 8.47. The van der Waals surface area contributed by atoms with E-state index in [0.29, 0.717) is 18.5 Å². The van der Waals surface area contributed by atoms with Crippen LogP contribution in [0.15, 0.2) is 54.6 Å². The van der Waals surface area contributed by atoms with E-state index in [4.69, 9.17) is 4.74 Å². The van der Waals surface area contributed by atoms with Crippen LogP contribution in [-0.4, -0.2) is 41.5 Å². The van der Waals surface area contributed by atoms with Gasteiger partial charge in [-0.15, -0.1) is 0 Å². The molecule has 1 aromatic heterocycles. The van der Waals surface area contributed by atoms with Crippen molar-refractivity contribution in [3.63, 3.8) is 0 Å². The molecule has 3 rings (SSSR count). The third-order valence-electron chi connectivity index (χ3n) is 4.08. The summed E-state index contributed by atoms with van der Waals surface area (Å²) in [5.41, 5.74) is 2.42. The zero-order valence-corrected chi connectivity index (χ0v) is 14.6. The van der Waals surface area contributed by atoms with Gasteiger partial charge in [0.1, 0.15) is 12.4 Å². The van der Waals surface area contributed by atoms with Crippen molar-refractivity contribution in [3.8, 4) is 0 Å². The standard InChI is InChI=1S/C20H21N3O3/c1-26-14-20(25)21-12-11-19-22-16-9-5-6-10-17(16)23(19)13-18(24)15-7-3-2-4-8-15/h2-10H,11-14H2,1H3,(H,21,25). The predicted molar refractivity (Wildman–Crippen MR) is 99.1 cm³/mol. The van der Waals surface area contributed by atoms with E-state index < -0.39 is 0 Å². The number of benzene rings is 2. The zero-order valence-electron chi connectivity index (χ0n) is 14.6. The minimum atomic E-state index is -0.171. The number of imidazole rings is 1. The lowest BCUT2D eigenvalue weighted by atomic mass is 10.1. The molecule has 0 spiro atoms. The Labute approximate surface area is 151 Å². The van der Waals surface area contributed by atoms with Gasteiger partial charge in [0.2, 0.25) is 5.91 Å². The number of Topliss-reactive ketones (excluding diaryl/α,β-unsaturated/α-hetero) is 1. The van der Waals surface area contributed by atoms with Gasteiger partial charge < -0.3 is 14.6 Å². The lowest BCUT2D eigenvalue weighted by molar-refractivity contribution is -0.124. The summed E-state index contributed by atoms with van der Waals surface area (Å²) in [6.45, 7) is 0.680. The Kier molecular flexibility index (Phi) is 5.76. The third-order valence-corrected chi connectivity index (χ3v) is 4.08. The monoisotopic (exact) mass is 351 g/mol. The van der Waals surface area contributed by atoms with Gasteiger partial charge in [-0.25, -0.2) is 4.98 Å². The molecule has 2 aromatic carbocycles. The second-order valence-electron chi connectivity index (χ2n) is 5.93. The van der Waals surface area contributed by atoms with Gasteiger partial charge in [0, 0.05) is 25.6 Å². The van der Waals surface area contributed by atoms with Crippen molar-refractivity contribution in [1.29, 1.82) is 0 Å². The molecule has 0 atom stereocenters. The molecule has 1 N–H and O–H groups in total. The van der Waals surface area contributed by atoms with Gasteiger partial charge in [-0.2, -0.15) is 0 Å². The normalized spacial score (nSPS) is 10.8. The van der Waals surface area contributed by atoms with E-state index in [9.17, 15) is 9.59 Å². The number of aromatic nitrogens is 2. The second kappa shape index (κ2) is 8.40. The number of carbonyl (C=O) groups excluding carboxylic acids is 2. The lowest BCUT2D eigenvalue weighted by Gasteiger charge is -2.09. The summed E-state index contributed by atoms with van der Waals surface area (Å²) in [5.74, 6) is 0.627. The van der Waals surface area contributed by atoms with Crippen LogP contribution in [0.25, 0.3) is 11.0 Å². The molecule has 0 fully saturated rings. The number of nitrogens with zero attached hydrogens (tertiary/aromatic N) is 2. The Bertz CT molecular complexity index is 903. The summed E-state index contributed by atoms with van der Waals surface area (Å²) in [6.07, 6.45) is 0.534. The molecule has 0 radical (unpaired) electrons. The van der Waals surface area contributed by atoms with Gasteiger partial charge in [0.05, 0.1) is 17.6 Å². The largest absolute Gasteiger partial charge is 0.375 e. The van der Waals surface area contributed by atoms with Crippen LogP contribution in [0.2, 0.25) is 0 Å². The Morgan fingerprint density at radius 3 is 2.58 bits per heavy atom. The molecular formula is C20H21N3O3. The van der Waals surface area contributed by atoms with Gasteiger partial charge in [-0.05, 0) is 12.1 Å². The maximum atomic E-state index is 12.6. The lowest BCUT2D eigenvalue weighted by Crippen LogP contribution is -2.29. The molecule has 26 heavy (non-hydrogen) atoms. The van der Waals surface area contributed by atoms with Crippen molar-refractivity contribution in [1.82, 2.24) is 14.9 Å². The zero-order chi connectivity index (χ0) is 18.4. The van der Waals surface area contributed by atoms with Crippen LogP contribution < -0.4 is 5.32 Å². The number of ketones is 1. The predicted octanol–water partition coefficient (Wildman–Crippen LogP) is 2.22. The molecule has 0 aliphatic carbocycles. The summed E-state index contributed by atoms with van der Waals surface area (Å²) in [5, 5.41) is 2.79. The first-order chi connectivity index (χ1) is 12.7. The van der Waals surface area contributed by atoms with E-state index in [1.54, 1.807) is 0 Å². The summed E-state index contributed by atoms with van der Waals surface area (Å²) in [4.78, 5) is 28.8. The highest BCUT2D eigenvalue weighted by molar-refractivity contribution is 5.96. The number of fused-ring (bicyclic) bond motifs is 1. The van der Waals surface area contributed by atoms with E-state index in [0.717, 1.165) is 16.9 Å². The first kappa shape index (κ1) is 17.8. The van der Waals surface area contributed by atoms with Crippen LogP contribution in [0.1, 0.15) is 16.2 Å². The smallest absolute Gasteiger partial charge is 0.245 e. The maximum Gasteiger partial charge on any atom is 0.245 e. The quantitative estimate of drug-likeness (QED) is 0.632. The van der Waals surface area contributed by atoms with Crippen molar-refractivity contribution in [2.75, 3.05) is 20.3 Å². The fraction of sp³-hybridized carbons (Fsp3) is 0.250.